The lowest BCUT2D eigenvalue weighted by Gasteiger charge is -2.20. The van der Waals surface area contributed by atoms with Crippen molar-refractivity contribution in [2.75, 3.05) is 0 Å². The molecule has 0 aliphatic rings. The van der Waals surface area contributed by atoms with Gasteiger partial charge in [-0.1, -0.05) is 193 Å². The van der Waals surface area contributed by atoms with Crippen molar-refractivity contribution in [1.29, 1.82) is 0 Å². The molecule has 9 aromatic rings. The van der Waals surface area contributed by atoms with Gasteiger partial charge in [-0.25, -0.2) is 0 Å². The van der Waals surface area contributed by atoms with Crippen LogP contribution in [-0.4, -0.2) is 0 Å². The van der Waals surface area contributed by atoms with Gasteiger partial charge in [0.25, 0.3) is 0 Å². The summed E-state index contributed by atoms with van der Waals surface area (Å²) in [5.74, 6) is 0. The Morgan fingerprint density at radius 1 is 0.212 bits per heavy atom. The molecule has 0 fully saturated rings. The first-order valence-corrected chi connectivity index (χ1v) is 18.1. The van der Waals surface area contributed by atoms with Gasteiger partial charge in [0.05, 0.1) is 0 Å². The molecule has 0 aliphatic carbocycles. The van der Waals surface area contributed by atoms with Gasteiger partial charge in [-0.2, -0.15) is 0 Å². The third kappa shape index (κ3) is 5.89. The van der Waals surface area contributed by atoms with E-state index in [0.29, 0.717) is 0 Å². The Bertz CT molecular complexity index is 2470. The van der Waals surface area contributed by atoms with E-state index in [2.05, 4.69) is 208 Å². The highest BCUT2D eigenvalue weighted by Crippen LogP contribution is 2.46. The smallest absolute Gasteiger partial charge is 0.00261 e. The van der Waals surface area contributed by atoms with Crippen LogP contribution in [0.15, 0.2) is 194 Å². The van der Waals surface area contributed by atoms with Gasteiger partial charge in [0.2, 0.25) is 0 Å². The highest BCUT2D eigenvalue weighted by molar-refractivity contribution is 6.22. The van der Waals surface area contributed by atoms with Crippen molar-refractivity contribution >= 4 is 21.5 Å². The number of aryl methyl sites for hydroxylation is 2. The molecular formula is C52H38. The van der Waals surface area contributed by atoms with E-state index in [1.165, 1.54) is 99.4 Å². The van der Waals surface area contributed by atoms with Crippen molar-refractivity contribution in [1.82, 2.24) is 0 Å². The third-order valence-corrected chi connectivity index (χ3v) is 10.4. The van der Waals surface area contributed by atoms with Crippen LogP contribution in [0.4, 0.5) is 0 Å². The van der Waals surface area contributed by atoms with Gasteiger partial charge in [-0.3, -0.25) is 0 Å². The molecule has 0 heterocycles. The minimum atomic E-state index is 1.21. The predicted molar refractivity (Wildman–Crippen MR) is 224 cm³/mol. The molecule has 0 radical (unpaired) electrons. The monoisotopic (exact) mass is 662 g/mol. The molecule has 0 N–H and O–H groups in total. The Morgan fingerprint density at radius 3 is 0.846 bits per heavy atom. The molecule has 0 saturated carbocycles. The summed E-state index contributed by atoms with van der Waals surface area (Å²) in [6.45, 7) is 4.29. The minimum Gasteiger partial charge on any atom is -0.0622 e. The van der Waals surface area contributed by atoms with Crippen molar-refractivity contribution in [2.24, 2.45) is 0 Å². The molecule has 0 amide bonds. The molecule has 0 bridgehead atoms. The SMILES string of the molecule is Cc1ccc(-c2ccc3c(-c4ccc(-c5ccccc5)cc4)c4cc(-c5ccc(C)cc5)ccc4c(-c4ccc(-c5ccccc5)cc4)c3c2)cc1. The zero-order chi connectivity index (χ0) is 35.0. The number of benzene rings is 9. The predicted octanol–water partition coefficient (Wildman–Crippen LogP) is 14.6. The highest BCUT2D eigenvalue weighted by Gasteiger charge is 2.19. The fraction of sp³-hybridized carbons (Fsp3) is 0.0385. The van der Waals surface area contributed by atoms with Crippen molar-refractivity contribution < 1.29 is 0 Å². The largest absolute Gasteiger partial charge is 0.0622 e. The summed E-state index contributed by atoms with van der Waals surface area (Å²) in [4.78, 5) is 0. The molecule has 0 aromatic heterocycles. The highest BCUT2D eigenvalue weighted by atomic mass is 14.2. The van der Waals surface area contributed by atoms with Gasteiger partial charge in [-0.15, -0.1) is 0 Å². The standard InChI is InChI=1S/C52H38/c1-35-13-17-41(18-14-35)45-29-31-47-49(33-45)51(43-25-21-39(22-26-43)37-9-5-3-6-10-37)48-32-30-46(42-19-15-36(2)16-20-42)34-50(48)52(47)44-27-23-40(24-28-44)38-11-7-4-8-12-38/h3-34H,1-2H3. The van der Waals surface area contributed by atoms with Crippen LogP contribution in [0.1, 0.15) is 11.1 Å². The Hall–Kier alpha value is -6.50. The molecule has 0 spiro atoms. The van der Waals surface area contributed by atoms with Gasteiger partial charge < -0.3 is 0 Å². The molecule has 0 aliphatic heterocycles. The van der Waals surface area contributed by atoms with E-state index in [4.69, 9.17) is 0 Å². The lowest BCUT2D eigenvalue weighted by Crippen LogP contribution is -1.93. The average Bonchev–Trinajstić information content (AvgIpc) is 3.21. The lowest BCUT2D eigenvalue weighted by molar-refractivity contribution is 1.47. The maximum Gasteiger partial charge on any atom is -0.00261 e. The third-order valence-electron chi connectivity index (χ3n) is 10.4. The second kappa shape index (κ2) is 13.3. The van der Waals surface area contributed by atoms with Gasteiger partial charge in [-0.05, 0) is 114 Å². The summed E-state index contributed by atoms with van der Waals surface area (Å²) < 4.78 is 0. The van der Waals surface area contributed by atoms with E-state index in [1.54, 1.807) is 0 Å². The lowest BCUT2D eigenvalue weighted by atomic mass is 9.83. The molecule has 246 valence electrons. The Morgan fingerprint density at radius 2 is 0.481 bits per heavy atom. The summed E-state index contributed by atoms with van der Waals surface area (Å²) >= 11 is 0. The van der Waals surface area contributed by atoms with Gasteiger partial charge >= 0.3 is 0 Å². The first-order valence-electron chi connectivity index (χ1n) is 18.1. The number of hydrogen-bond donors (Lipinski definition) is 0. The van der Waals surface area contributed by atoms with Crippen LogP contribution in [0.25, 0.3) is 88.3 Å². The first kappa shape index (κ1) is 31.5. The van der Waals surface area contributed by atoms with Crippen molar-refractivity contribution in [2.45, 2.75) is 13.8 Å². The van der Waals surface area contributed by atoms with E-state index in [9.17, 15) is 0 Å². The maximum atomic E-state index is 2.41. The van der Waals surface area contributed by atoms with Gasteiger partial charge in [0.1, 0.15) is 0 Å². The van der Waals surface area contributed by atoms with Crippen LogP contribution < -0.4 is 0 Å². The van der Waals surface area contributed by atoms with Crippen LogP contribution in [0.3, 0.4) is 0 Å². The van der Waals surface area contributed by atoms with Crippen LogP contribution in [-0.2, 0) is 0 Å². The molecule has 0 saturated heterocycles. The first-order chi connectivity index (χ1) is 25.6. The molecule has 0 unspecified atom stereocenters. The fourth-order valence-corrected chi connectivity index (χ4v) is 7.62. The fourth-order valence-electron chi connectivity index (χ4n) is 7.62. The Balaban J connectivity index is 1.33. The number of rotatable bonds is 6. The maximum absolute atomic E-state index is 2.41. The zero-order valence-corrected chi connectivity index (χ0v) is 29.5. The Labute approximate surface area is 306 Å². The molecular weight excluding hydrogens is 625 g/mol. The van der Waals surface area contributed by atoms with E-state index in [1.807, 2.05) is 0 Å². The molecule has 0 nitrogen and oxygen atoms in total. The molecule has 52 heavy (non-hydrogen) atoms. The quantitative estimate of drug-likeness (QED) is 0.155. The van der Waals surface area contributed by atoms with Crippen molar-refractivity contribution in [3.8, 4) is 66.8 Å². The van der Waals surface area contributed by atoms with Crippen molar-refractivity contribution in [3.05, 3.63) is 205 Å². The second-order valence-electron chi connectivity index (χ2n) is 13.9. The Kier molecular flexibility index (Phi) is 8.07. The minimum absolute atomic E-state index is 1.21. The summed E-state index contributed by atoms with van der Waals surface area (Å²) in [7, 11) is 0. The van der Waals surface area contributed by atoms with Crippen LogP contribution in [0, 0.1) is 13.8 Å². The molecule has 0 atom stereocenters. The molecule has 0 heteroatoms. The second-order valence-corrected chi connectivity index (χ2v) is 13.9. The van der Waals surface area contributed by atoms with E-state index in [-0.39, 0.29) is 0 Å². The summed E-state index contributed by atoms with van der Waals surface area (Å²) in [6, 6.07) is 71.5. The number of fused-ring (bicyclic) bond motifs is 2. The topological polar surface area (TPSA) is 0 Å². The van der Waals surface area contributed by atoms with Gasteiger partial charge in [0.15, 0.2) is 0 Å². The summed E-state index contributed by atoms with van der Waals surface area (Å²) in [5.41, 5.74) is 17.2. The average molecular weight is 663 g/mol. The van der Waals surface area contributed by atoms with Crippen LogP contribution >= 0.6 is 0 Å². The van der Waals surface area contributed by atoms with E-state index >= 15 is 0 Å². The van der Waals surface area contributed by atoms with Crippen LogP contribution in [0.5, 0.6) is 0 Å². The molecule has 9 aromatic carbocycles. The van der Waals surface area contributed by atoms with E-state index in [0.717, 1.165) is 0 Å². The van der Waals surface area contributed by atoms with Crippen LogP contribution in [0.2, 0.25) is 0 Å². The zero-order valence-electron chi connectivity index (χ0n) is 29.5. The van der Waals surface area contributed by atoms with Gasteiger partial charge in [0, 0.05) is 0 Å². The molecule has 9 rings (SSSR count). The van der Waals surface area contributed by atoms with E-state index < -0.39 is 0 Å². The normalized spacial score (nSPS) is 11.3. The van der Waals surface area contributed by atoms with Crippen molar-refractivity contribution in [3.63, 3.8) is 0 Å². The number of hydrogen-bond acceptors (Lipinski definition) is 0. The summed E-state index contributed by atoms with van der Waals surface area (Å²) in [5, 5.41) is 5.00. The summed E-state index contributed by atoms with van der Waals surface area (Å²) in [6.07, 6.45) is 0.